The average molecular weight is 454 g/mol. The van der Waals surface area contributed by atoms with E-state index in [9.17, 15) is 9.59 Å². The van der Waals surface area contributed by atoms with E-state index in [1.165, 1.54) is 0 Å². The van der Waals surface area contributed by atoms with Gasteiger partial charge in [0.2, 0.25) is 5.91 Å². The number of hydrogen-bond acceptors (Lipinski definition) is 4. The van der Waals surface area contributed by atoms with Crippen molar-refractivity contribution in [2.24, 2.45) is 0 Å². The van der Waals surface area contributed by atoms with Gasteiger partial charge in [0.15, 0.2) is 5.43 Å². The minimum atomic E-state index is 0.000519. The molecule has 1 aliphatic rings. The van der Waals surface area contributed by atoms with Crippen LogP contribution in [-0.2, 0) is 11.3 Å². The molecule has 1 fully saturated rings. The molecule has 0 spiro atoms. The van der Waals surface area contributed by atoms with Crippen molar-refractivity contribution in [3.8, 4) is 0 Å². The summed E-state index contributed by atoms with van der Waals surface area (Å²) in [5.41, 5.74) is 2.59. The van der Waals surface area contributed by atoms with Gasteiger partial charge in [0.25, 0.3) is 0 Å². The monoisotopic (exact) mass is 453 g/mol. The van der Waals surface area contributed by atoms with Crippen LogP contribution in [0.3, 0.4) is 0 Å². The Balaban J connectivity index is 1.42. The second-order valence-electron chi connectivity index (χ2n) is 8.57. The van der Waals surface area contributed by atoms with Gasteiger partial charge in [-0.1, -0.05) is 36.4 Å². The highest BCUT2D eigenvalue weighted by molar-refractivity contribution is 7.18. The third-order valence-corrected chi connectivity index (χ3v) is 7.73. The Morgan fingerprint density at radius 3 is 2.30 bits per heavy atom. The minimum Gasteiger partial charge on any atom is -0.332 e. The second-order valence-corrected chi connectivity index (χ2v) is 9.63. The lowest BCUT2D eigenvalue weighted by Crippen LogP contribution is -2.40. The number of benzene rings is 3. The molecule has 2 aromatic heterocycles. The summed E-state index contributed by atoms with van der Waals surface area (Å²) in [4.78, 5) is 33.6. The van der Waals surface area contributed by atoms with Gasteiger partial charge in [-0.05, 0) is 55.7 Å². The lowest BCUT2D eigenvalue weighted by Gasteiger charge is -2.35. The standard InChI is InChI=1S/C27H23N3O2S/c31-25(29-16-8-7-14-23(29)27-28-20-11-3-6-15-24(20)33-27)17-30-21-12-4-1-9-18(21)26(32)19-10-2-5-13-22(19)30/h1-6,9-13,15,23H,7-8,14,16-17H2/t23-/m1/s1. The van der Waals surface area contributed by atoms with E-state index in [1.807, 2.05) is 76.2 Å². The summed E-state index contributed by atoms with van der Waals surface area (Å²) in [6, 6.07) is 23.3. The number of carbonyl (C=O) groups is 1. The number of piperidine rings is 1. The van der Waals surface area contributed by atoms with Gasteiger partial charge in [-0.25, -0.2) is 4.98 Å². The van der Waals surface area contributed by atoms with Gasteiger partial charge in [0.1, 0.15) is 11.6 Å². The molecule has 0 aliphatic carbocycles. The molecule has 5 aromatic rings. The van der Waals surface area contributed by atoms with Gasteiger partial charge in [-0.15, -0.1) is 11.3 Å². The van der Waals surface area contributed by atoms with Crippen molar-refractivity contribution in [2.45, 2.75) is 31.8 Å². The highest BCUT2D eigenvalue weighted by atomic mass is 32.1. The van der Waals surface area contributed by atoms with E-state index in [0.29, 0.717) is 10.8 Å². The molecule has 0 saturated carbocycles. The van der Waals surface area contributed by atoms with Crippen LogP contribution in [0.5, 0.6) is 0 Å². The molecule has 3 heterocycles. The Hall–Kier alpha value is -3.51. The smallest absolute Gasteiger partial charge is 0.243 e. The van der Waals surface area contributed by atoms with Crippen molar-refractivity contribution in [1.29, 1.82) is 0 Å². The van der Waals surface area contributed by atoms with E-state index in [2.05, 4.69) is 6.07 Å². The van der Waals surface area contributed by atoms with E-state index < -0.39 is 0 Å². The lowest BCUT2D eigenvalue weighted by molar-refractivity contribution is -0.135. The maximum Gasteiger partial charge on any atom is 0.243 e. The van der Waals surface area contributed by atoms with E-state index in [-0.39, 0.29) is 23.9 Å². The van der Waals surface area contributed by atoms with Crippen molar-refractivity contribution >= 4 is 49.3 Å². The van der Waals surface area contributed by atoms with Crippen LogP contribution in [0.15, 0.2) is 77.6 Å². The van der Waals surface area contributed by atoms with Crippen molar-refractivity contribution in [3.63, 3.8) is 0 Å². The van der Waals surface area contributed by atoms with Crippen molar-refractivity contribution in [1.82, 2.24) is 14.5 Å². The third-order valence-electron chi connectivity index (χ3n) is 6.59. The fraction of sp³-hybridized carbons (Fsp3) is 0.222. The molecule has 1 atom stereocenters. The number of pyridine rings is 1. The maximum atomic E-state index is 13.7. The molecular formula is C27H23N3O2S. The normalized spacial score (nSPS) is 16.6. The molecule has 3 aromatic carbocycles. The average Bonchev–Trinajstić information content (AvgIpc) is 3.31. The summed E-state index contributed by atoms with van der Waals surface area (Å²) in [6.07, 6.45) is 3.02. The lowest BCUT2D eigenvalue weighted by atomic mass is 10.0. The van der Waals surface area contributed by atoms with Gasteiger partial charge in [-0.2, -0.15) is 0 Å². The van der Waals surface area contributed by atoms with Gasteiger partial charge < -0.3 is 9.47 Å². The Morgan fingerprint density at radius 2 is 1.58 bits per heavy atom. The van der Waals surface area contributed by atoms with Crippen LogP contribution >= 0.6 is 11.3 Å². The molecule has 5 nitrogen and oxygen atoms in total. The molecule has 164 valence electrons. The summed E-state index contributed by atoms with van der Waals surface area (Å²) in [5.74, 6) is 0.0675. The molecule has 1 aliphatic heterocycles. The first kappa shape index (κ1) is 20.1. The van der Waals surface area contributed by atoms with E-state index in [1.54, 1.807) is 11.3 Å². The number of thiazole rings is 1. The van der Waals surface area contributed by atoms with Gasteiger partial charge in [-0.3, -0.25) is 9.59 Å². The van der Waals surface area contributed by atoms with Crippen LogP contribution in [0.1, 0.15) is 30.3 Å². The molecule has 1 amide bonds. The largest absolute Gasteiger partial charge is 0.332 e. The van der Waals surface area contributed by atoms with Crippen molar-refractivity contribution in [2.75, 3.05) is 6.54 Å². The Labute approximate surface area is 194 Å². The van der Waals surface area contributed by atoms with Crippen LogP contribution in [0.2, 0.25) is 0 Å². The van der Waals surface area contributed by atoms with Gasteiger partial charge in [0, 0.05) is 17.3 Å². The van der Waals surface area contributed by atoms with E-state index >= 15 is 0 Å². The Morgan fingerprint density at radius 1 is 0.909 bits per heavy atom. The first-order chi connectivity index (χ1) is 16.2. The predicted molar refractivity (Wildman–Crippen MR) is 134 cm³/mol. The molecule has 1 saturated heterocycles. The number of fused-ring (bicyclic) bond motifs is 3. The first-order valence-electron chi connectivity index (χ1n) is 11.4. The molecule has 33 heavy (non-hydrogen) atoms. The highest BCUT2D eigenvalue weighted by Gasteiger charge is 2.30. The van der Waals surface area contributed by atoms with E-state index in [4.69, 9.17) is 4.98 Å². The first-order valence-corrected chi connectivity index (χ1v) is 12.2. The minimum absolute atomic E-state index is 0.000519. The molecule has 0 bridgehead atoms. The summed E-state index contributed by atoms with van der Waals surface area (Å²) in [7, 11) is 0. The topological polar surface area (TPSA) is 55.2 Å². The van der Waals surface area contributed by atoms with E-state index in [0.717, 1.165) is 52.1 Å². The molecule has 0 unspecified atom stereocenters. The fourth-order valence-electron chi connectivity index (χ4n) is 4.99. The maximum absolute atomic E-state index is 13.7. The van der Waals surface area contributed by atoms with Crippen LogP contribution in [0, 0.1) is 0 Å². The number of carbonyl (C=O) groups excluding carboxylic acids is 1. The SMILES string of the molecule is O=C(Cn1c2ccccc2c(=O)c2ccccc21)N1CCCC[C@@H]1c1nc2ccccc2s1. The zero-order valence-corrected chi connectivity index (χ0v) is 18.9. The van der Waals surface area contributed by atoms with Crippen LogP contribution in [0.25, 0.3) is 32.0 Å². The molecular weight excluding hydrogens is 430 g/mol. The summed E-state index contributed by atoms with van der Waals surface area (Å²) >= 11 is 1.69. The highest BCUT2D eigenvalue weighted by Crippen LogP contribution is 2.36. The van der Waals surface area contributed by atoms with Crippen molar-refractivity contribution < 1.29 is 4.79 Å². The van der Waals surface area contributed by atoms with Gasteiger partial charge >= 0.3 is 0 Å². The number of likely N-dealkylation sites (tertiary alicyclic amines) is 1. The Kier molecular flexibility index (Phi) is 4.95. The molecule has 0 N–H and O–H groups in total. The molecule has 6 rings (SSSR count). The molecule has 6 heteroatoms. The second kappa shape index (κ2) is 8.12. The fourth-order valence-corrected chi connectivity index (χ4v) is 6.11. The number of para-hydroxylation sites is 3. The summed E-state index contributed by atoms with van der Waals surface area (Å²) in [5, 5.41) is 2.30. The van der Waals surface area contributed by atoms with Crippen molar-refractivity contribution in [3.05, 3.63) is 88.0 Å². The predicted octanol–water partition coefficient (Wildman–Crippen LogP) is 5.52. The number of aromatic nitrogens is 2. The number of hydrogen-bond donors (Lipinski definition) is 0. The summed E-state index contributed by atoms with van der Waals surface area (Å²) in [6.45, 7) is 0.929. The quantitative estimate of drug-likeness (QED) is 0.338. The number of nitrogens with zero attached hydrogens (tertiary/aromatic N) is 3. The third kappa shape index (κ3) is 3.42. The Bertz CT molecular complexity index is 1480. The number of amides is 1. The zero-order chi connectivity index (χ0) is 22.4. The zero-order valence-electron chi connectivity index (χ0n) is 18.1. The molecule has 0 radical (unpaired) electrons. The van der Waals surface area contributed by atoms with Crippen LogP contribution in [0.4, 0.5) is 0 Å². The van der Waals surface area contributed by atoms with Crippen LogP contribution < -0.4 is 5.43 Å². The van der Waals surface area contributed by atoms with Gasteiger partial charge in [0.05, 0.1) is 27.3 Å². The van der Waals surface area contributed by atoms with Crippen LogP contribution in [-0.4, -0.2) is 26.9 Å². The summed E-state index contributed by atoms with van der Waals surface area (Å²) < 4.78 is 3.15. The number of rotatable bonds is 3.